The molecule has 0 saturated carbocycles. The third-order valence-electron chi connectivity index (χ3n) is 1.48. The van der Waals surface area contributed by atoms with E-state index < -0.39 is 5.82 Å². The average Bonchev–Trinajstić information content (AvgIpc) is 2.01. The van der Waals surface area contributed by atoms with Crippen molar-refractivity contribution in [2.24, 2.45) is 0 Å². The van der Waals surface area contributed by atoms with Crippen LogP contribution in [-0.2, 0) is 0 Å². The van der Waals surface area contributed by atoms with Gasteiger partial charge >= 0.3 is 0 Å². The van der Waals surface area contributed by atoms with Crippen LogP contribution in [0.25, 0.3) is 0 Å². The molecule has 1 aromatic rings. The van der Waals surface area contributed by atoms with Crippen LogP contribution in [0.3, 0.4) is 0 Å². The highest BCUT2D eigenvalue weighted by Crippen LogP contribution is 2.20. The molecular formula is C10H8ClF. The molecule has 1 aromatic carbocycles. The van der Waals surface area contributed by atoms with Crippen LogP contribution in [0.4, 0.5) is 4.39 Å². The molecule has 62 valence electrons. The maximum atomic E-state index is 13.0. The molecule has 2 heteroatoms. The Labute approximate surface area is 76.4 Å². The summed E-state index contributed by atoms with van der Waals surface area (Å²) in [5, 5.41) is 0.177. The highest BCUT2D eigenvalue weighted by Gasteiger charge is 2.03. The van der Waals surface area contributed by atoms with Crippen molar-refractivity contribution in [1.29, 1.82) is 0 Å². The normalized spacial score (nSPS) is 9.00. The first-order chi connectivity index (χ1) is 5.65. The lowest BCUT2D eigenvalue weighted by molar-refractivity contribution is 0.626. The van der Waals surface area contributed by atoms with E-state index in [9.17, 15) is 4.39 Å². The van der Waals surface area contributed by atoms with E-state index in [0.717, 1.165) is 5.56 Å². The third kappa shape index (κ3) is 1.78. The Balaban J connectivity index is 3.27. The van der Waals surface area contributed by atoms with E-state index in [0.29, 0.717) is 5.56 Å². The summed E-state index contributed by atoms with van der Waals surface area (Å²) >= 11 is 5.63. The monoisotopic (exact) mass is 182 g/mol. The zero-order valence-corrected chi connectivity index (χ0v) is 7.67. The van der Waals surface area contributed by atoms with E-state index in [1.54, 1.807) is 19.9 Å². The van der Waals surface area contributed by atoms with Crippen LogP contribution < -0.4 is 0 Å². The summed E-state index contributed by atoms with van der Waals surface area (Å²) in [7, 11) is 0. The molecule has 0 atom stereocenters. The predicted molar refractivity (Wildman–Crippen MR) is 48.7 cm³/mol. The smallest absolute Gasteiger partial charge is 0.143 e. The van der Waals surface area contributed by atoms with Crippen molar-refractivity contribution in [1.82, 2.24) is 0 Å². The maximum absolute atomic E-state index is 13.0. The van der Waals surface area contributed by atoms with E-state index in [1.165, 1.54) is 6.07 Å². The van der Waals surface area contributed by atoms with Crippen molar-refractivity contribution in [2.45, 2.75) is 13.8 Å². The van der Waals surface area contributed by atoms with E-state index in [-0.39, 0.29) is 5.02 Å². The molecule has 0 aliphatic rings. The first-order valence-corrected chi connectivity index (χ1v) is 3.91. The van der Waals surface area contributed by atoms with Gasteiger partial charge in [-0.3, -0.25) is 0 Å². The summed E-state index contributed by atoms with van der Waals surface area (Å²) in [6, 6.07) is 3.10. The molecule has 0 bridgehead atoms. The van der Waals surface area contributed by atoms with Crippen LogP contribution in [0.15, 0.2) is 12.1 Å². The highest BCUT2D eigenvalue weighted by molar-refractivity contribution is 6.31. The van der Waals surface area contributed by atoms with Gasteiger partial charge in [-0.1, -0.05) is 17.5 Å². The quantitative estimate of drug-likeness (QED) is 0.541. The topological polar surface area (TPSA) is 0 Å². The maximum Gasteiger partial charge on any atom is 0.143 e. The lowest BCUT2D eigenvalue weighted by Gasteiger charge is -1.99. The molecule has 0 aliphatic carbocycles. The summed E-state index contributed by atoms with van der Waals surface area (Å²) in [4.78, 5) is 0. The van der Waals surface area contributed by atoms with Crippen molar-refractivity contribution in [3.63, 3.8) is 0 Å². The fraction of sp³-hybridized carbons (Fsp3) is 0.200. The lowest BCUT2D eigenvalue weighted by Crippen LogP contribution is -1.85. The van der Waals surface area contributed by atoms with Gasteiger partial charge in [0.15, 0.2) is 0 Å². The summed E-state index contributed by atoms with van der Waals surface area (Å²) in [5.74, 6) is 5.06. The van der Waals surface area contributed by atoms with Crippen LogP contribution in [0.2, 0.25) is 5.02 Å². The highest BCUT2D eigenvalue weighted by atomic mass is 35.5. The lowest BCUT2D eigenvalue weighted by atomic mass is 10.1. The summed E-state index contributed by atoms with van der Waals surface area (Å²) in [6.07, 6.45) is 0. The first kappa shape index (κ1) is 9.09. The Morgan fingerprint density at radius 2 is 2.08 bits per heavy atom. The van der Waals surface area contributed by atoms with Crippen molar-refractivity contribution in [2.75, 3.05) is 0 Å². The number of hydrogen-bond donors (Lipinski definition) is 0. The number of hydrogen-bond acceptors (Lipinski definition) is 0. The molecule has 0 nitrogen and oxygen atoms in total. The third-order valence-corrected chi connectivity index (χ3v) is 1.96. The average molecular weight is 183 g/mol. The van der Waals surface area contributed by atoms with Crippen LogP contribution in [0.5, 0.6) is 0 Å². The van der Waals surface area contributed by atoms with Crippen molar-refractivity contribution in [3.05, 3.63) is 34.1 Å². The molecule has 12 heavy (non-hydrogen) atoms. The second-order valence-electron chi connectivity index (χ2n) is 2.46. The molecule has 0 unspecified atom stereocenters. The van der Waals surface area contributed by atoms with Gasteiger partial charge in [-0.25, -0.2) is 4.39 Å². The summed E-state index contributed by atoms with van der Waals surface area (Å²) in [6.45, 7) is 3.47. The molecule has 0 aliphatic heterocycles. The van der Waals surface area contributed by atoms with Gasteiger partial charge in [0, 0.05) is 5.56 Å². The predicted octanol–water partition coefficient (Wildman–Crippen LogP) is 3.16. The zero-order chi connectivity index (χ0) is 9.14. The molecule has 0 radical (unpaired) electrons. The van der Waals surface area contributed by atoms with E-state index in [4.69, 9.17) is 11.6 Å². The molecule has 1 rings (SSSR count). The number of halogens is 2. The second-order valence-corrected chi connectivity index (χ2v) is 2.84. The van der Waals surface area contributed by atoms with Gasteiger partial charge in [0.25, 0.3) is 0 Å². The van der Waals surface area contributed by atoms with E-state index in [2.05, 4.69) is 11.8 Å². The number of aryl methyl sites for hydroxylation is 1. The van der Waals surface area contributed by atoms with E-state index >= 15 is 0 Å². The van der Waals surface area contributed by atoms with Gasteiger partial charge < -0.3 is 0 Å². The Bertz CT molecular complexity index is 335. The molecule has 0 spiro atoms. The van der Waals surface area contributed by atoms with Crippen molar-refractivity contribution in [3.8, 4) is 11.8 Å². The number of benzene rings is 1. The van der Waals surface area contributed by atoms with Crippen LogP contribution in [0, 0.1) is 24.6 Å². The minimum atomic E-state index is -0.408. The molecule has 0 saturated heterocycles. The Kier molecular flexibility index (Phi) is 2.73. The van der Waals surface area contributed by atoms with Gasteiger partial charge in [-0.05, 0) is 31.5 Å². The van der Waals surface area contributed by atoms with Crippen LogP contribution >= 0.6 is 11.6 Å². The van der Waals surface area contributed by atoms with Gasteiger partial charge in [-0.2, -0.15) is 0 Å². The Morgan fingerprint density at radius 1 is 1.42 bits per heavy atom. The fourth-order valence-corrected chi connectivity index (χ4v) is 1.05. The van der Waals surface area contributed by atoms with Crippen molar-refractivity contribution < 1.29 is 4.39 Å². The Morgan fingerprint density at radius 3 is 2.58 bits per heavy atom. The van der Waals surface area contributed by atoms with Gasteiger partial charge in [-0.15, -0.1) is 5.92 Å². The summed E-state index contributed by atoms with van der Waals surface area (Å²) < 4.78 is 13.0. The fourth-order valence-electron chi connectivity index (χ4n) is 0.943. The van der Waals surface area contributed by atoms with Crippen LogP contribution in [0.1, 0.15) is 18.1 Å². The molecule has 0 heterocycles. The molecule has 0 aromatic heterocycles. The molecule has 0 amide bonds. The van der Waals surface area contributed by atoms with Gasteiger partial charge in [0.05, 0.1) is 5.02 Å². The SMILES string of the molecule is CC#Cc1cc(C)c(Cl)c(F)c1. The second kappa shape index (κ2) is 3.60. The standard InChI is InChI=1S/C10H8ClF/c1-3-4-8-5-7(2)10(11)9(12)6-8/h5-6H,1-2H3. The number of rotatable bonds is 0. The molecule has 0 N–H and O–H groups in total. The van der Waals surface area contributed by atoms with Crippen LogP contribution in [-0.4, -0.2) is 0 Å². The zero-order valence-electron chi connectivity index (χ0n) is 6.91. The van der Waals surface area contributed by atoms with Gasteiger partial charge in [0.2, 0.25) is 0 Å². The first-order valence-electron chi connectivity index (χ1n) is 3.53. The molecule has 0 fully saturated rings. The molecular weight excluding hydrogens is 175 g/mol. The van der Waals surface area contributed by atoms with E-state index in [1.807, 2.05) is 0 Å². The Hall–Kier alpha value is -1.00. The largest absolute Gasteiger partial charge is 0.205 e. The van der Waals surface area contributed by atoms with Gasteiger partial charge in [0.1, 0.15) is 5.82 Å². The van der Waals surface area contributed by atoms with Crippen molar-refractivity contribution >= 4 is 11.6 Å². The minimum Gasteiger partial charge on any atom is -0.205 e. The summed E-state index contributed by atoms with van der Waals surface area (Å²) in [5.41, 5.74) is 1.38. The minimum absolute atomic E-state index is 0.177.